The van der Waals surface area contributed by atoms with Crippen molar-refractivity contribution >= 4 is 28.8 Å². The van der Waals surface area contributed by atoms with Gasteiger partial charge in [0.25, 0.3) is 0 Å². The van der Waals surface area contributed by atoms with Crippen molar-refractivity contribution in [1.29, 1.82) is 0 Å². The summed E-state index contributed by atoms with van der Waals surface area (Å²) in [5.74, 6) is 0.0314. The van der Waals surface area contributed by atoms with Gasteiger partial charge in [-0.1, -0.05) is 6.07 Å². The molecule has 2 aromatic heterocycles. The Labute approximate surface area is 133 Å². The van der Waals surface area contributed by atoms with Gasteiger partial charge < -0.3 is 16.0 Å². The number of aromatic amines is 1. The number of H-pyrrole nitrogens is 1. The smallest absolute Gasteiger partial charge is 0.244 e. The van der Waals surface area contributed by atoms with Crippen LogP contribution in [0.3, 0.4) is 0 Å². The maximum absolute atomic E-state index is 12.0. The lowest BCUT2D eigenvalue weighted by molar-refractivity contribution is -0.117. The summed E-state index contributed by atoms with van der Waals surface area (Å²) < 4.78 is 0. The maximum Gasteiger partial charge on any atom is 0.244 e. The summed E-state index contributed by atoms with van der Waals surface area (Å²) >= 11 is 0. The summed E-state index contributed by atoms with van der Waals surface area (Å²) in [6.45, 7) is 1.95. The lowest BCUT2D eigenvalue weighted by atomic mass is 10.1. The van der Waals surface area contributed by atoms with Gasteiger partial charge >= 0.3 is 0 Å². The topological polar surface area (TPSA) is 96.7 Å². The molecule has 116 valence electrons. The Morgan fingerprint density at radius 1 is 1.30 bits per heavy atom. The van der Waals surface area contributed by atoms with Crippen LogP contribution in [0.1, 0.15) is 24.1 Å². The molecule has 1 amide bonds. The Balaban J connectivity index is 1.65. The van der Waals surface area contributed by atoms with Crippen molar-refractivity contribution in [3.05, 3.63) is 60.1 Å². The molecule has 0 aliphatic rings. The van der Waals surface area contributed by atoms with Crippen molar-refractivity contribution in [2.75, 3.05) is 5.73 Å². The third-order valence-electron chi connectivity index (χ3n) is 3.56. The Hall–Kier alpha value is -3.15. The highest BCUT2D eigenvalue weighted by Crippen LogP contribution is 2.19. The highest BCUT2D eigenvalue weighted by atomic mass is 16.1. The normalized spacial score (nSPS) is 12.6. The zero-order valence-electron chi connectivity index (χ0n) is 12.7. The third kappa shape index (κ3) is 3.55. The second-order valence-corrected chi connectivity index (χ2v) is 5.26. The van der Waals surface area contributed by atoms with Crippen LogP contribution >= 0.6 is 0 Å². The number of hydrogen-bond acceptors (Lipinski definition) is 4. The standard InChI is InChI=1S/C17H17N5O/c1-11(13-3-4-15-14(8-13)6-7-19-15)22-16(23)5-2-12-9-20-17(18)21-10-12/h2-11,19H,1H3,(H,22,23)(H2,18,20,21). The molecule has 0 radical (unpaired) electrons. The number of benzene rings is 1. The van der Waals surface area contributed by atoms with Gasteiger partial charge in [0.2, 0.25) is 11.9 Å². The van der Waals surface area contributed by atoms with Gasteiger partial charge in [-0.15, -0.1) is 0 Å². The van der Waals surface area contributed by atoms with Crippen LogP contribution in [0, 0.1) is 0 Å². The van der Waals surface area contributed by atoms with Gasteiger partial charge in [-0.3, -0.25) is 4.79 Å². The monoisotopic (exact) mass is 307 g/mol. The number of rotatable bonds is 4. The molecule has 1 aromatic carbocycles. The van der Waals surface area contributed by atoms with E-state index >= 15 is 0 Å². The van der Waals surface area contributed by atoms with Crippen molar-refractivity contribution < 1.29 is 4.79 Å². The summed E-state index contributed by atoms with van der Waals surface area (Å²) in [7, 11) is 0. The van der Waals surface area contributed by atoms with E-state index in [1.807, 2.05) is 31.3 Å². The Bertz CT molecular complexity index is 851. The van der Waals surface area contributed by atoms with Crippen LogP contribution < -0.4 is 11.1 Å². The molecule has 0 aliphatic carbocycles. The quantitative estimate of drug-likeness (QED) is 0.645. The van der Waals surface area contributed by atoms with E-state index in [-0.39, 0.29) is 17.9 Å². The van der Waals surface area contributed by atoms with Crippen LogP contribution in [-0.2, 0) is 4.79 Å². The van der Waals surface area contributed by atoms with E-state index in [0.717, 1.165) is 22.0 Å². The molecule has 1 atom stereocenters. The van der Waals surface area contributed by atoms with Gasteiger partial charge in [-0.2, -0.15) is 0 Å². The van der Waals surface area contributed by atoms with E-state index < -0.39 is 0 Å². The molecule has 0 bridgehead atoms. The molecule has 6 nitrogen and oxygen atoms in total. The molecule has 0 fully saturated rings. The number of nitrogens with two attached hydrogens (primary N) is 1. The van der Waals surface area contributed by atoms with Gasteiger partial charge in [0, 0.05) is 35.7 Å². The molecule has 4 N–H and O–H groups in total. The van der Waals surface area contributed by atoms with Gasteiger partial charge in [0.1, 0.15) is 0 Å². The van der Waals surface area contributed by atoms with E-state index in [9.17, 15) is 4.79 Å². The minimum absolute atomic E-state index is 0.0888. The molecule has 0 aliphatic heterocycles. The first-order valence-corrected chi connectivity index (χ1v) is 7.25. The first kappa shape index (κ1) is 14.8. The van der Waals surface area contributed by atoms with Crippen molar-refractivity contribution in [3.8, 4) is 0 Å². The lowest BCUT2D eigenvalue weighted by Crippen LogP contribution is -2.24. The van der Waals surface area contributed by atoms with Crippen LogP contribution in [0.5, 0.6) is 0 Å². The number of carbonyl (C=O) groups excluding carboxylic acids is 1. The number of hydrogen-bond donors (Lipinski definition) is 3. The second kappa shape index (κ2) is 6.31. The Kier molecular flexibility index (Phi) is 4.05. The minimum Gasteiger partial charge on any atom is -0.368 e. The van der Waals surface area contributed by atoms with E-state index in [1.54, 1.807) is 18.5 Å². The number of amides is 1. The zero-order chi connectivity index (χ0) is 16.2. The van der Waals surface area contributed by atoms with Crippen molar-refractivity contribution in [2.24, 2.45) is 0 Å². The number of nitrogens with zero attached hydrogens (tertiary/aromatic N) is 2. The van der Waals surface area contributed by atoms with Crippen molar-refractivity contribution in [2.45, 2.75) is 13.0 Å². The zero-order valence-corrected chi connectivity index (χ0v) is 12.7. The predicted octanol–water partition coefficient (Wildman–Crippen LogP) is 2.43. The fourth-order valence-electron chi connectivity index (χ4n) is 2.29. The van der Waals surface area contributed by atoms with Gasteiger partial charge in [0.05, 0.1) is 6.04 Å². The molecule has 3 rings (SSSR count). The van der Waals surface area contributed by atoms with Crippen LogP contribution in [0.4, 0.5) is 5.95 Å². The number of nitrogen functional groups attached to an aromatic ring is 1. The molecule has 1 unspecified atom stereocenters. The number of fused-ring (bicyclic) bond motifs is 1. The van der Waals surface area contributed by atoms with E-state index in [0.29, 0.717) is 0 Å². The van der Waals surface area contributed by atoms with E-state index in [2.05, 4.69) is 26.3 Å². The molecule has 0 saturated carbocycles. The largest absolute Gasteiger partial charge is 0.368 e. The SMILES string of the molecule is CC(NC(=O)C=Cc1cnc(N)nc1)c1ccc2[nH]ccc2c1. The average Bonchev–Trinajstić information content (AvgIpc) is 3.02. The predicted molar refractivity (Wildman–Crippen MR) is 90.3 cm³/mol. The summed E-state index contributed by atoms with van der Waals surface area (Å²) in [5, 5.41) is 4.06. The van der Waals surface area contributed by atoms with Gasteiger partial charge in [0.15, 0.2) is 0 Å². The lowest BCUT2D eigenvalue weighted by Gasteiger charge is -2.13. The number of nitrogens with one attached hydrogen (secondary N) is 2. The van der Waals surface area contributed by atoms with Crippen LogP contribution in [0.2, 0.25) is 0 Å². The van der Waals surface area contributed by atoms with Crippen LogP contribution in [-0.4, -0.2) is 20.9 Å². The van der Waals surface area contributed by atoms with Crippen LogP contribution in [0.15, 0.2) is 48.9 Å². The molecular weight excluding hydrogens is 290 g/mol. The van der Waals surface area contributed by atoms with Crippen molar-refractivity contribution in [1.82, 2.24) is 20.3 Å². The minimum atomic E-state index is -0.177. The average molecular weight is 307 g/mol. The van der Waals surface area contributed by atoms with Crippen molar-refractivity contribution in [3.63, 3.8) is 0 Å². The van der Waals surface area contributed by atoms with Crippen LogP contribution in [0.25, 0.3) is 17.0 Å². The summed E-state index contributed by atoms with van der Waals surface area (Å²) in [5.41, 5.74) is 8.26. The molecule has 2 heterocycles. The fourth-order valence-corrected chi connectivity index (χ4v) is 2.29. The highest BCUT2D eigenvalue weighted by molar-refractivity contribution is 5.92. The molecule has 3 aromatic rings. The van der Waals surface area contributed by atoms with E-state index in [4.69, 9.17) is 5.73 Å². The highest BCUT2D eigenvalue weighted by Gasteiger charge is 2.08. The first-order valence-electron chi connectivity index (χ1n) is 7.25. The molecule has 6 heteroatoms. The van der Waals surface area contributed by atoms with Gasteiger partial charge in [-0.25, -0.2) is 9.97 Å². The molecule has 0 spiro atoms. The Morgan fingerprint density at radius 2 is 2.09 bits per heavy atom. The molecular formula is C17H17N5O. The first-order chi connectivity index (χ1) is 11.1. The van der Waals surface area contributed by atoms with E-state index in [1.165, 1.54) is 6.08 Å². The molecule has 23 heavy (non-hydrogen) atoms. The maximum atomic E-state index is 12.0. The summed E-state index contributed by atoms with van der Waals surface area (Å²) in [6.07, 6.45) is 8.14. The number of carbonyl (C=O) groups is 1. The number of anilines is 1. The summed E-state index contributed by atoms with van der Waals surface area (Å²) in [6, 6.07) is 7.99. The Morgan fingerprint density at radius 3 is 2.87 bits per heavy atom. The molecule has 0 saturated heterocycles. The number of aromatic nitrogens is 3. The third-order valence-corrected chi connectivity index (χ3v) is 3.56. The fraction of sp³-hybridized carbons (Fsp3) is 0.118. The summed E-state index contributed by atoms with van der Waals surface area (Å²) in [4.78, 5) is 22.9. The van der Waals surface area contributed by atoms with Gasteiger partial charge in [-0.05, 0) is 42.1 Å². The second-order valence-electron chi connectivity index (χ2n) is 5.26.